The molecule has 1 atom stereocenters. The number of urea groups is 1. The quantitative estimate of drug-likeness (QED) is 0.809. The van der Waals surface area contributed by atoms with Crippen LogP contribution in [-0.2, 0) is 4.74 Å². The Morgan fingerprint density at radius 3 is 2.96 bits per heavy atom. The lowest BCUT2D eigenvalue weighted by Gasteiger charge is -2.26. The minimum atomic E-state index is -0.465. The van der Waals surface area contributed by atoms with E-state index in [4.69, 9.17) is 9.26 Å². The van der Waals surface area contributed by atoms with Gasteiger partial charge in [0.1, 0.15) is 11.9 Å². The molecule has 2 heterocycles. The van der Waals surface area contributed by atoms with Gasteiger partial charge in [-0.05, 0) is 19.1 Å². The van der Waals surface area contributed by atoms with Gasteiger partial charge in [-0.2, -0.15) is 4.98 Å². The van der Waals surface area contributed by atoms with Crippen molar-refractivity contribution in [3.8, 4) is 11.4 Å². The average molecular weight is 363 g/mol. The van der Waals surface area contributed by atoms with Gasteiger partial charge < -0.3 is 19.9 Å². The van der Waals surface area contributed by atoms with E-state index < -0.39 is 6.04 Å². The normalized spacial score (nSPS) is 16.2. The molecular formula is C17H22FN5O3. The van der Waals surface area contributed by atoms with Crippen molar-refractivity contribution in [2.45, 2.75) is 13.0 Å². The van der Waals surface area contributed by atoms with E-state index in [1.165, 1.54) is 12.1 Å². The van der Waals surface area contributed by atoms with E-state index in [1.54, 1.807) is 19.1 Å². The van der Waals surface area contributed by atoms with Gasteiger partial charge in [0.25, 0.3) is 0 Å². The Bertz CT molecular complexity index is 733. The molecule has 1 aromatic heterocycles. The molecule has 1 unspecified atom stereocenters. The summed E-state index contributed by atoms with van der Waals surface area (Å²) < 4.78 is 23.7. The standard InChI is InChI=1S/C17H22FN5O3/c1-12(20-17(24)19-5-6-23-7-9-25-10-8-23)16-21-15(22-26-16)13-3-2-4-14(18)11-13/h2-4,11-12H,5-10H2,1H3,(H2,19,20,24). The van der Waals surface area contributed by atoms with E-state index in [0.717, 1.165) is 32.8 Å². The van der Waals surface area contributed by atoms with Gasteiger partial charge in [0.15, 0.2) is 0 Å². The van der Waals surface area contributed by atoms with Crippen LogP contribution in [0.15, 0.2) is 28.8 Å². The maximum atomic E-state index is 13.3. The Kier molecular flexibility index (Phi) is 6.13. The topological polar surface area (TPSA) is 92.5 Å². The van der Waals surface area contributed by atoms with Crippen LogP contribution >= 0.6 is 0 Å². The van der Waals surface area contributed by atoms with Crippen molar-refractivity contribution in [2.75, 3.05) is 39.4 Å². The summed E-state index contributed by atoms with van der Waals surface area (Å²) >= 11 is 0. The van der Waals surface area contributed by atoms with Crippen LogP contribution < -0.4 is 10.6 Å². The highest BCUT2D eigenvalue weighted by Gasteiger charge is 2.18. The minimum absolute atomic E-state index is 0.257. The van der Waals surface area contributed by atoms with E-state index >= 15 is 0 Å². The molecule has 1 aliphatic rings. The summed E-state index contributed by atoms with van der Waals surface area (Å²) in [6, 6.07) is 5.16. The van der Waals surface area contributed by atoms with Crippen molar-refractivity contribution in [3.05, 3.63) is 36.0 Å². The monoisotopic (exact) mass is 363 g/mol. The zero-order chi connectivity index (χ0) is 18.4. The van der Waals surface area contributed by atoms with Crippen molar-refractivity contribution in [2.24, 2.45) is 0 Å². The van der Waals surface area contributed by atoms with Crippen LogP contribution in [0.2, 0.25) is 0 Å². The largest absolute Gasteiger partial charge is 0.379 e. The Labute approximate surface area is 150 Å². The second-order valence-corrected chi connectivity index (χ2v) is 6.04. The Morgan fingerprint density at radius 2 is 2.19 bits per heavy atom. The van der Waals surface area contributed by atoms with E-state index in [2.05, 4.69) is 25.7 Å². The molecule has 0 aliphatic carbocycles. The molecule has 2 amide bonds. The number of rotatable bonds is 6. The number of hydrogen-bond donors (Lipinski definition) is 2. The van der Waals surface area contributed by atoms with Gasteiger partial charge in [-0.3, -0.25) is 4.90 Å². The minimum Gasteiger partial charge on any atom is -0.379 e. The van der Waals surface area contributed by atoms with Crippen LogP contribution in [0.25, 0.3) is 11.4 Å². The third kappa shape index (κ3) is 4.99. The molecule has 2 aromatic rings. The summed E-state index contributed by atoms with van der Waals surface area (Å²) in [4.78, 5) is 18.4. The lowest BCUT2D eigenvalue weighted by molar-refractivity contribution is 0.0387. The van der Waals surface area contributed by atoms with E-state index in [0.29, 0.717) is 12.1 Å². The SMILES string of the molecule is CC(NC(=O)NCCN1CCOCC1)c1nc(-c2cccc(F)c2)no1. The number of nitrogens with zero attached hydrogens (tertiary/aromatic N) is 3. The number of halogens is 1. The Hall–Kier alpha value is -2.52. The van der Waals surface area contributed by atoms with Crippen LogP contribution in [0.4, 0.5) is 9.18 Å². The molecular weight excluding hydrogens is 341 g/mol. The summed E-state index contributed by atoms with van der Waals surface area (Å²) in [6.07, 6.45) is 0. The maximum Gasteiger partial charge on any atom is 0.315 e. The van der Waals surface area contributed by atoms with E-state index in [1.807, 2.05) is 0 Å². The third-order valence-electron chi connectivity index (χ3n) is 4.06. The smallest absolute Gasteiger partial charge is 0.315 e. The van der Waals surface area contributed by atoms with E-state index in [9.17, 15) is 9.18 Å². The number of benzene rings is 1. The second-order valence-electron chi connectivity index (χ2n) is 6.04. The fourth-order valence-corrected chi connectivity index (χ4v) is 2.62. The average Bonchev–Trinajstić information content (AvgIpc) is 3.13. The summed E-state index contributed by atoms with van der Waals surface area (Å²) in [5.41, 5.74) is 0.516. The van der Waals surface area contributed by atoms with Crippen LogP contribution in [0.1, 0.15) is 18.9 Å². The number of carbonyl (C=O) groups is 1. The number of carbonyl (C=O) groups excluding carboxylic acids is 1. The van der Waals surface area contributed by atoms with Gasteiger partial charge in [-0.15, -0.1) is 0 Å². The number of morpholine rings is 1. The molecule has 0 bridgehead atoms. The first-order chi connectivity index (χ1) is 12.6. The second kappa shape index (κ2) is 8.72. The molecule has 1 saturated heterocycles. The zero-order valence-corrected chi connectivity index (χ0v) is 14.6. The first-order valence-corrected chi connectivity index (χ1v) is 8.56. The van der Waals surface area contributed by atoms with Crippen molar-refractivity contribution in [3.63, 3.8) is 0 Å². The van der Waals surface area contributed by atoms with Gasteiger partial charge in [0, 0.05) is 31.7 Å². The first-order valence-electron chi connectivity index (χ1n) is 8.56. The summed E-state index contributed by atoms with van der Waals surface area (Å²) in [5.74, 6) is 0.160. The fraction of sp³-hybridized carbons (Fsp3) is 0.471. The summed E-state index contributed by atoms with van der Waals surface area (Å²) in [5, 5.41) is 9.39. The lowest BCUT2D eigenvalue weighted by Crippen LogP contribution is -2.44. The van der Waals surface area contributed by atoms with Gasteiger partial charge in [-0.25, -0.2) is 9.18 Å². The summed E-state index contributed by atoms with van der Waals surface area (Å²) in [6.45, 7) is 6.27. The van der Waals surface area contributed by atoms with E-state index in [-0.39, 0.29) is 23.6 Å². The summed E-state index contributed by atoms with van der Waals surface area (Å²) in [7, 11) is 0. The van der Waals surface area contributed by atoms with Crippen LogP contribution in [-0.4, -0.2) is 60.5 Å². The highest BCUT2D eigenvalue weighted by Crippen LogP contribution is 2.19. The molecule has 1 aliphatic heterocycles. The zero-order valence-electron chi connectivity index (χ0n) is 14.6. The van der Waals surface area contributed by atoms with Crippen molar-refractivity contribution >= 4 is 6.03 Å². The van der Waals surface area contributed by atoms with Crippen LogP contribution in [0.3, 0.4) is 0 Å². The number of hydrogen-bond acceptors (Lipinski definition) is 6. The molecule has 0 radical (unpaired) electrons. The molecule has 9 heteroatoms. The van der Waals surface area contributed by atoms with Gasteiger partial charge in [-0.1, -0.05) is 17.3 Å². The van der Waals surface area contributed by atoms with Crippen LogP contribution in [0, 0.1) is 5.82 Å². The fourth-order valence-electron chi connectivity index (χ4n) is 2.62. The molecule has 8 nitrogen and oxygen atoms in total. The Balaban J connectivity index is 1.47. The predicted octanol–water partition coefficient (Wildman–Crippen LogP) is 1.57. The molecule has 26 heavy (non-hydrogen) atoms. The van der Waals surface area contributed by atoms with Gasteiger partial charge in [0.2, 0.25) is 11.7 Å². The number of nitrogens with one attached hydrogen (secondary N) is 2. The predicted molar refractivity (Wildman–Crippen MR) is 91.9 cm³/mol. The number of amides is 2. The molecule has 0 saturated carbocycles. The highest BCUT2D eigenvalue weighted by molar-refractivity contribution is 5.74. The lowest BCUT2D eigenvalue weighted by atomic mass is 10.2. The molecule has 2 N–H and O–H groups in total. The van der Waals surface area contributed by atoms with Gasteiger partial charge in [0.05, 0.1) is 13.2 Å². The van der Waals surface area contributed by atoms with Gasteiger partial charge >= 0.3 is 6.03 Å². The molecule has 3 rings (SSSR count). The number of aromatic nitrogens is 2. The highest BCUT2D eigenvalue weighted by atomic mass is 19.1. The first kappa shape index (κ1) is 18.3. The van der Waals surface area contributed by atoms with Crippen LogP contribution in [0.5, 0.6) is 0 Å². The third-order valence-corrected chi connectivity index (χ3v) is 4.06. The number of ether oxygens (including phenoxy) is 1. The molecule has 1 fully saturated rings. The maximum absolute atomic E-state index is 13.3. The molecule has 1 aromatic carbocycles. The Morgan fingerprint density at radius 1 is 1.38 bits per heavy atom. The molecule has 0 spiro atoms. The molecule has 140 valence electrons. The van der Waals surface area contributed by atoms with Crippen molar-refractivity contribution in [1.29, 1.82) is 0 Å². The van der Waals surface area contributed by atoms with Crippen molar-refractivity contribution in [1.82, 2.24) is 25.7 Å². The van der Waals surface area contributed by atoms with Crippen molar-refractivity contribution < 1.29 is 18.4 Å².